The SMILES string of the molecule is COc1ccc2c(c1)O[C@@]1(c3ccc(Br)cc3)[C@H](c3ccccc3)C(C(=O)N(C)C)[C@@H](O)[C@@]21O. The zero-order valence-corrected chi connectivity index (χ0v) is 20.7. The lowest BCUT2D eigenvalue weighted by atomic mass is 9.70. The molecule has 1 fully saturated rings. The highest BCUT2D eigenvalue weighted by Gasteiger charge is 2.77. The molecule has 0 saturated heterocycles. The van der Waals surface area contributed by atoms with E-state index in [4.69, 9.17) is 9.47 Å². The van der Waals surface area contributed by atoms with Crippen LogP contribution in [0.1, 0.15) is 22.6 Å². The second-order valence-corrected chi connectivity index (χ2v) is 9.98. The van der Waals surface area contributed by atoms with Crippen LogP contribution in [0.15, 0.2) is 77.3 Å². The highest BCUT2D eigenvalue weighted by atomic mass is 79.9. The largest absolute Gasteiger partial charge is 0.497 e. The van der Waals surface area contributed by atoms with E-state index >= 15 is 0 Å². The fraction of sp³-hybridized carbons (Fsp3) is 0.296. The van der Waals surface area contributed by atoms with Gasteiger partial charge in [-0.3, -0.25) is 4.79 Å². The molecule has 1 amide bonds. The predicted molar refractivity (Wildman–Crippen MR) is 131 cm³/mol. The van der Waals surface area contributed by atoms with Crippen molar-refractivity contribution < 1.29 is 24.5 Å². The van der Waals surface area contributed by atoms with Crippen LogP contribution in [0, 0.1) is 5.92 Å². The summed E-state index contributed by atoms with van der Waals surface area (Å²) in [5.74, 6) is -0.913. The number of methoxy groups -OCH3 is 1. The quantitative estimate of drug-likeness (QED) is 0.543. The Balaban J connectivity index is 1.86. The first-order valence-corrected chi connectivity index (χ1v) is 11.8. The molecule has 2 N–H and O–H groups in total. The van der Waals surface area contributed by atoms with Gasteiger partial charge in [0.25, 0.3) is 0 Å². The van der Waals surface area contributed by atoms with Gasteiger partial charge in [0.2, 0.25) is 5.91 Å². The van der Waals surface area contributed by atoms with Crippen molar-refractivity contribution in [3.05, 3.63) is 94.0 Å². The van der Waals surface area contributed by atoms with Gasteiger partial charge in [-0.2, -0.15) is 0 Å². The Morgan fingerprint density at radius 1 is 1.06 bits per heavy atom. The molecular formula is C27H26BrNO5. The maximum absolute atomic E-state index is 13.5. The third kappa shape index (κ3) is 2.97. The highest BCUT2D eigenvalue weighted by Crippen LogP contribution is 2.68. The number of nitrogens with zero attached hydrogens (tertiary/aromatic N) is 1. The predicted octanol–water partition coefficient (Wildman–Crippen LogP) is 3.80. The summed E-state index contributed by atoms with van der Waals surface area (Å²) < 4.78 is 13.0. The molecule has 1 saturated carbocycles. The molecule has 0 aromatic heterocycles. The van der Waals surface area contributed by atoms with Crippen LogP contribution in [0.4, 0.5) is 0 Å². The molecule has 5 rings (SSSR count). The van der Waals surface area contributed by atoms with Gasteiger partial charge >= 0.3 is 0 Å². The van der Waals surface area contributed by atoms with Crippen LogP contribution in [0.5, 0.6) is 11.5 Å². The van der Waals surface area contributed by atoms with Crippen LogP contribution in [0.3, 0.4) is 0 Å². The van der Waals surface area contributed by atoms with Crippen LogP contribution in [0.2, 0.25) is 0 Å². The smallest absolute Gasteiger partial charge is 0.228 e. The molecule has 0 radical (unpaired) electrons. The van der Waals surface area contributed by atoms with Crippen molar-refractivity contribution in [2.45, 2.75) is 23.2 Å². The third-order valence-corrected chi connectivity index (χ3v) is 7.69. The van der Waals surface area contributed by atoms with Gasteiger partial charge in [0.05, 0.1) is 13.0 Å². The van der Waals surface area contributed by atoms with Crippen molar-refractivity contribution in [3.8, 4) is 11.5 Å². The molecule has 6 nitrogen and oxygen atoms in total. The number of ether oxygens (including phenoxy) is 2. The standard InChI is InChI=1S/C27H26BrNO5/c1-29(2)25(31)22-23(16-7-5-4-6-8-16)27(17-9-11-18(28)12-10-17)26(32,24(22)30)20-14-13-19(33-3)15-21(20)34-27/h4-15,22-24,30,32H,1-3H3/t22?,23-,24-,26+,27+/m1/s1. The molecule has 3 aromatic rings. The number of aliphatic hydroxyl groups excluding tert-OH is 1. The lowest BCUT2D eigenvalue weighted by molar-refractivity contribution is -0.155. The first-order valence-electron chi connectivity index (χ1n) is 11.1. The first-order chi connectivity index (χ1) is 16.3. The topological polar surface area (TPSA) is 79.2 Å². The Labute approximate surface area is 206 Å². The minimum atomic E-state index is -1.89. The van der Waals surface area contributed by atoms with E-state index in [-0.39, 0.29) is 5.91 Å². The van der Waals surface area contributed by atoms with E-state index < -0.39 is 29.1 Å². The molecule has 3 aromatic carbocycles. The van der Waals surface area contributed by atoms with Gasteiger partial charge in [-0.1, -0.05) is 58.4 Å². The molecular weight excluding hydrogens is 498 g/mol. The zero-order valence-electron chi connectivity index (χ0n) is 19.1. The number of rotatable bonds is 4. The van der Waals surface area contributed by atoms with Crippen molar-refractivity contribution in [2.75, 3.05) is 21.2 Å². The van der Waals surface area contributed by atoms with Gasteiger partial charge in [0, 0.05) is 36.1 Å². The lowest BCUT2D eigenvalue weighted by Crippen LogP contribution is -2.52. The summed E-state index contributed by atoms with van der Waals surface area (Å²) in [6, 6.07) is 22.1. The van der Waals surface area contributed by atoms with E-state index in [0.717, 1.165) is 10.0 Å². The van der Waals surface area contributed by atoms with Crippen molar-refractivity contribution >= 4 is 21.8 Å². The van der Waals surface area contributed by atoms with Crippen LogP contribution < -0.4 is 9.47 Å². The molecule has 0 spiro atoms. The van der Waals surface area contributed by atoms with Gasteiger partial charge in [-0.15, -0.1) is 0 Å². The van der Waals surface area contributed by atoms with Crippen LogP contribution in [-0.4, -0.2) is 48.3 Å². The van der Waals surface area contributed by atoms with E-state index in [0.29, 0.717) is 22.6 Å². The van der Waals surface area contributed by atoms with Gasteiger partial charge in [-0.25, -0.2) is 0 Å². The van der Waals surface area contributed by atoms with E-state index in [1.807, 2.05) is 54.6 Å². The summed E-state index contributed by atoms with van der Waals surface area (Å²) in [7, 11) is 4.87. The molecule has 7 heteroatoms. The molecule has 1 aliphatic carbocycles. The fourth-order valence-corrected chi connectivity index (χ4v) is 5.95. The monoisotopic (exact) mass is 523 g/mol. The van der Waals surface area contributed by atoms with E-state index in [1.165, 1.54) is 4.90 Å². The van der Waals surface area contributed by atoms with Crippen LogP contribution in [-0.2, 0) is 16.0 Å². The first kappa shape index (κ1) is 22.9. The normalized spacial score (nSPS) is 29.2. The van der Waals surface area contributed by atoms with E-state index in [9.17, 15) is 15.0 Å². The number of hydrogen-bond acceptors (Lipinski definition) is 5. The number of amides is 1. The molecule has 1 unspecified atom stereocenters. The second kappa shape index (κ2) is 8.12. The zero-order chi connectivity index (χ0) is 24.3. The van der Waals surface area contributed by atoms with Crippen molar-refractivity contribution in [1.82, 2.24) is 4.90 Å². The molecule has 176 valence electrons. The molecule has 1 heterocycles. The molecule has 1 aliphatic heterocycles. The van der Waals surface area contributed by atoms with Gasteiger partial charge < -0.3 is 24.6 Å². The summed E-state index contributed by atoms with van der Waals surface area (Å²) in [4.78, 5) is 15.0. The number of hydrogen-bond donors (Lipinski definition) is 2. The fourth-order valence-electron chi connectivity index (χ4n) is 5.69. The van der Waals surface area contributed by atoms with Crippen LogP contribution in [0.25, 0.3) is 0 Å². The maximum atomic E-state index is 13.5. The lowest BCUT2D eigenvalue weighted by Gasteiger charge is -2.40. The number of aliphatic hydroxyl groups is 2. The van der Waals surface area contributed by atoms with Crippen molar-refractivity contribution in [3.63, 3.8) is 0 Å². The maximum Gasteiger partial charge on any atom is 0.228 e. The molecule has 0 bridgehead atoms. The minimum Gasteiger partial charge on any atom is -0.497 e. The molecule has 5 atom stereocenters. The Morgan fingerprint density at radius 2 is 1.74 bits per heavy atom. The van der Waals surface area contributed by atoms with Gasteiger partial charge in [0.1, 0.15) is 17.6 Å². The van der Waals surface area contributed by atoms with Gasteiger partial charge in [-0.05, 0) is 35.4 Å². The van der Waals surface area contributed by atoms with E-state index in [1.54, 1.807) is 39.4 Å². The second-order valence-electron chi connectivity index (χ2n) is 9.06. The third-order valence-electron chi connectivity index (χ3n) is 7.16. The van der Waals surface area contributed by atoms with E-state index in [2.05, 4.69) is 15.9 Å². The number of halogens is 1. The number of carbonyl (C=O) groups excluding carboxylic acids is 1. The Bertz CT molecular complexity index is 1230. The Morgan fingerprint density at radius 3 is 2.35 bits per heavy atom. The summed E-state index contributed by atoms with van der Waals surface area (Å²) in [5.41, 5.74) is -1.46. The van der Waals surface area contributed by atoms with Gasteiger partial charge in [0.15, 0.2) is 11.2 Å². The Hall–Kier alpha value is -2.87. The summed E-state index contributed by atoms with van der Waals surface area (Å²) in [5, 5.41) is 24.3. The Kier molecular flexibility index (Phi) is 5.47. The minimum absolute atomic E-state index is 0.278. The highest BCUT2D eigenvalue weighted by molar-refractivity contribution is 9.10. The summed E-state index contributed by atoms with van der Waals surface area (Å²) in [6.07, 6.45) is -1.43. The summed E-state index contributed by atoms with van der Waals surface area (Å²) in [6.45, 7) is 0. The molecule has 2 aliphatic rings. The molecule has 34 heavy (non-hydrogen) atoms. The average molecular weight is 524 g/mol. The van der Waals surface area contributed by atoms with Crippen molar-refractivity contribution in [1.29, 1.82) is 0 Å². The van der Waals surface area contributed by atoms with Crippen molar-refractivity contribution in [2.24, 2.45) is 5.92 Å². The number of carbonyl (C=O) groups is 1. The van der Waals surface area contributed by atoms with Crippen LogP contribution >= 0.6 is 15.9 Å². The average Bonchev–Trinajstić information content (AvgIpc) is 3.22. The summed E-state index contributed by atoms with van der Waals surface area (Å²) >= 11 is 3.48. The number of fused-ring (bicyclic) bond motifs is 3. The number of benzene rings is 3.